The Kier molecular flexibility index (Phi) is 2.89. The molecule has 1 saturated heterocycles. The van der Waals surface area contributed by atoms with E-state index in [1.165, 1.54) is 25.7 Å². The molecule has 0 aromatic carbocycles. The van der Waals surface area contributed by atoms with Crippen LogP contribution in [0, 0.1) is 17.8 Å². The fourth-order valence-electron chi connectivity index (χ4n) is 4.10. The summed E-state index contributed by atoms with van der Waals surface area (Å²) in [4.78, 5) is 14.8. The van der Waals surface area contributed by atoms with Crippen molar-refractivity contribution in [2.45, 2.75) is 51.6 Å². The first-order chi connectivity index (χ1) is 8.20. The van der Waals surface area contributed by atoms with Crippen molar-refractivity contribution in [3.8, 4) is 0 Å². The molecule has 96 valence electrons. The number of piperazine rings is 1. The van der Waals surface area contributed by atoms with Crippen molar-refractivity contribution < 1.29 is 4.79 Å². The largest absolute Gasteiger partial charge is 0.334 e. The third kappa shape index (κ3) is 1.88. The van der Waals surface area contributed by atoms with Crippen molar-refractivity contribution in [2.24, 2.45) is 17.8 Å². The normalized spacial score (nSPS) is 45.3. The number of carbonyl (C=O) groups excluding carboxylic acids is 1. The molecule has 1 amide bonds. The summed E-state index contributed by atoms with van der Waals surface area (Å²) in [6.07, 6.45) is 5.29. The molecule has 2 aliphatic carbocycles. The van der Waals surface area contributed by atoms with E-state index in [0.29, 0.717) is 23.9 Å². The van der Waals surface area contributed by atoms with E-state index in [9.17, 15) is 4.79 Å². The van der Waals surface area contributed by atoms with Crippen molar-refractivity contribution in [1.29, 1.82) is 0 Å². The highest BCUT2D eigenvalue weighted by molar-refractivity contribution is 5.83. The van der Waals surface area contributed by atoms with E-state index in [0.717, 1.165) is 24.9 Å². The molecule has 1 N–H and O–H groups in total. The van der Waals surface area contributed by atoms with Crippen molar-refractivity contribution in [2.75, 3.05) is 13.1 Å². The maximum atomic E-state index is 12.6. The average molecular weight is 236 g/mol. The fourth-order valence-corrected chi connectivity index (χ4v) is 4.10. The van der Waals surface area contributed by atoms with E-state index in [1.807, 2.05) is 0 Å². The minimum absolute atomic E-state index is 0.369. The maximum Gasteiger partial charge on any atom is 0.226 e. The summed E-state index contributed by atoms with van der Waals surface area (Å²) < 4.78 is 0. The third-order valence-electron chi connectivity index (χ3n) is 5.03. The molecule has 1 aliphatic heterocycles. The molecule has 2 saturated carbocycles. The van der Waals surface area contributed by atoms with Gasteiger partial charge in [0.15, 0.2) is 0 Å². The molecule has 0 spiro atoms. The second kappa shape index (κ2) is 4.27. The molecule has 3 rings (SSSR count). The standard InChI is InChI=1S/C14H24N2O/c1-9-7-15-8-10(2)16(9)14(17)13-11-5-3-4-6-12(11)13/h9-13,15H,3-8H2,1-2H3. The molecule has 4 atom stereocenters. The second-order valence-electron chi connectivity index (χ2n) is 6.24. The third-order valence-corrected chi connectivity index (χ3v) is 5.03. The van der Waals surface area contributed by atoms with E-state index in [4.69, 9.17) is 0 Å². The van der Waals surface area contributed by atoms with Crippen LogP contribution in [0.4, 0.5) is 0 Å². The summed E-state index contributed by atoms with van der Waals surface area (Å²) in [5.41, 5.74) is 0. The van der Waals surface area contributed by atoms with Gasteiger partial charge in [0, 0.05) is 31.1 Å². The molecule has 0 bridgehead atoms. The zero-order valence-corrected chi connectivity index (χ0v) is 11.0. The van der Waals surface area contributed by atoms with Crippen molar-refractivity contribution in [1.82, 2.24) is 10.2 Å². The number of fused-ring (bicyclic) bond motifs is 1. The minimum atomic E-state index is 0.369. The van der Waals surface area contributed by atoms with Gasteiger partial charge in [-0.05, 0) is 38.5 Å². The quantitative estimate of drug-likeness (QED) is 0.750. The van der Waals surface area contributed by atoms with E-state index < -0.39 is 0 Å². The molecule has 0 aromatic heterocycles. The van der Waals surface area contributed by atoms with Crippen LogP contribution in [0.2, 0.25) is 0 Å². The van der Waals surface area contributed by atoms with Crippen molar-refractivity contribution in [3.63, 3.8) is 0 Å². The molecule has 0 aromatic rings. The first kappa shape index (κ1) is 11.5. The minimum Gasteiger partial charge on any atom is -0.334 e. The smallest absolute Gasteiger partial charge is 0.226 e. The molecular weight excluding hydrogens is 212 g/mol. The number of rotatable bonds is 1. The highest BCUT2D eigenvalue weighted by atomic mass is 16.2. The summed E-state index contributed by atoms with van der Waals surface area (Å²) in [7, 11) is 0. The number of hydrogen-bond acceptors (Lipinski definition) is 2. The first-order valence-corrected chi connectivity index (χ1v) is 7.23. The number of nitrogens with one attached hydrogen (secondary N) is 1. The van der Waals surface area contributed by atoms with Gasteiger partial charge in [0.05, 0.1) is 0 Å². The van der Waals surface area contributed by atoms with E-state index in [2.05, 4.69) is 24.1 Å². The Morgan fingerprint density at radius 3 is 2.12 bits per heavy atom. The van der Waals surface area contributed by atoms with Gasteiger partial charge in [-0.15, -0.1) is 0 Å². The van der Waals surface area contributed by atoms with Gasteiger partial charge in [0.2, 0.25) is 5.91 Å². The van der Waals surface area contributed by atoms with Crippen LogP contribution < -0.4 is 5.32 Å². The topological polar surface area (TPSA) is 32.3 Å². The number of nitrogens with zero attached hydrogens (tertiary/aromatic N) is 1. The first-order valence-electron chi connectivity index (χ1n) is 7.23. The van der Waals surface area contributed by atoms with Crippen LogP contribution in [0.25, 0.3) is 0 Å². The zero-order chi connectivity index (χ0) is 12.0. The van der Waals surface area contributed by atoms with E-state index in [-0.39, 0.29) is 0 Å². The van der Waals surface area contributed by atoms with Gasteiger partial charge in [0.25, 0.3) is 0 Å². The molecule has 17 heavy (non-hydrogen) atoms. The van der Waals surface area contributed by atoms with Crippen molar-refractivity contribution in [3.05, 3.63) is 0 Å². The van der Waals surface area contributed by atoms with Crippen LogP contribution in [-0.2, 0) is 4.79 Å². The Bertz CT molecular complexity index is 295. The number of carbonyl (C=O) groups is 1. The van der Waals surface area contributed by atoms with Gasteiger partial charge in [-0.1, -0.05) is 12.8 Å². The van der Waals surface area contributed by atoms with Gasteiger partial charge >= 0.3 is 0 Å². The van der Waals surface area contributed by atoms with Gasteiger partial charge in [0.1, 0.15) is 0 Å². The SMILES string of the molecule is CC1CNCC(C)N1C(=O)C1C2CCCCC21. The zero-order valence-electron chi connectivity index (χ0n) is 11.0. The molecule has 3 heteroatoms. The molecule has 3 fully saturated rings. The summed E-state index contributed by atoms with van der Waals surface area (Å²) in [6, 6.07) is 0.739. The monoisotopic (exact) mass is 236 g/mol. The van der Waals surface area contributed by atoms with Gasteiger partial charge in [-0.3, -0.25) is 4.79 Å². The molecule has 0 radical (unpaired) electrons. The lowest BCUT2D eigenvalue weighted by atomic mass is 10.0. The predicted octanol–water partition coefficient (Wildman–Crippen LogP) is 1.63. The van der Waals surface area contributed by atoms with E-state index >= 15 is 0 Å². The molecule has 1 heterocycles. The summed E-state index contributed by atoms with van der Waals surface area (Å²) in [5.74, 6) is 2.33. The summed E-state index contributed by atoms with van der Waals surface area (Å²) >= 11 is 0. The molecular formula is C14H24N2O. The van der Waals surface area contributed by atoms with Crippen LogP contribution in [0.3, 0.4) is 0 Å². The number of amides is 1. The summed E-state index contributed by atoms with van der Waals surface area (Å²) in [6.45, 7) is 6.26. The van der Waals surface area contributed by atoms with Gasteiger partial charge < -0.3 is 10.2 Å². The highest BCUT2D eigenvalue weighted by Crippen LogP contribution is 2.56. The average Bonchev–Trinajstić information content (AvgIpc) is 3.02. The van der Waals surface area contributed by atoms with Crippen LogP contribution >= 0.6 is 0 Å². The van der Waals surface area contributed by atoms with Gasteiger partial charge in [-0.25, -0.2) is 0 Å². The van der Waals surface area contributed by atoms with E-state index in [1.54, 1.807) is 0 Å². The lowest BCUT2D eigenvalue weighted by Gasteiger charge is -2.39. The van der Waals surface area contributed by atoms with Crippen LogP contribution in [-0.4, -0.2) is 36.0 Å². The fraction of sp³-hybridized carbons (Fsp3) is 0.929. The summed E-state index contributed by atoms with van der Waals surface area (Å²) in [5, 5.41) is 3.40. The Labute approximate surface area is 104 Å². The Morgan fingerprint density at radius 1 is 1.06 bits per heavy atom. The Morgan fingerprint density at radius 2 is 1.59 bits per heavy atom. The molecule has 3 aliphatic rings. The van der Waals surface area contributed by atoms with Crippen LogP contribution in [0.5, 0.6) is 0 Å². The number of hydrogen-bond donors (Lipinski definition) is 1. The second-order valence-corrected chi connectivity index (χ2v) is 6.24. The predicted molar refractivity (Wildman–Crippen MR) is 67.6 cm³/mol. The van der Waals surface area contributed by atoms with Gasteiger partial charge in [-0.2, -0.15) is 0 Å². The highest BCUT2D eigenvalue weighted by Gasteiger charge is 2.56. The van der Waals surface area contributed by atoms with Crippen LogP contribution in [0.15, 0.2) is 0 Å². The molecule has 3 nitrogen and oxygen atoms in total. The van der Waals surface area contributed by atoms with Crippen molar-refractivity contribution >= 4 is 5.91 Å². The Balaban J connectivity index is 1.69. The Hall–Kier alpha value is -0.570. The lowest BCUT2D eigenvalue weighted by Crippen LogP contribution is -2.57. The van der Waals surface area contributed by atoms with Crippen LogP contribution in [0.1, 0.15) is 39.5 Å². The maximum absolute atomic E-state index is 12.6. The lowest BCUT2D eigenvalue weighted by molar-refractivity contribution is -0.138. The molecule has 4 unspecified atom stereocenters.